The highest BCUT2D eigenvalue weighted by atomic mass is 127. The number of aliphatic imine (C=N–C) groups is 1. The van der Waals surface area contributed by atoms with Crippen molar-refractivity contribution in [2.24, 2.45) is 4.99 Å². The van der Waals surface area contributed by atoms with Gasteiger partial charge in [-0.1, -0.05) is 6.07 Å². The van der Waals surface area contributed by atoms with Crippen LogP contribution in [0, 0.1) is 11.6 Å². The molecule has 0 radical (unpaired) electrons. The third-order valence-electron chi connectivity index (χ3n) is 5.16. The van der Waals surface area contributed by atoms with Crippen molar-refractivity contribution in [2.45, 2.75) is 18.9 Å². The molecule has 2 aromatic rings. The van der Waals surface area contributed by atoms with Crippen LogP contribution in [-0.2, 0) is 6.42 Å². The van der Waals surface area contributed by atoms with E-state index in [2.05, 4.69) is 15.6 Å². The molecule has 1 fully saturated rings. The van der Waals surface area contributed by atoms with Gasteiger partial charge in [-0.2, -0.15) is 0 Å². The highest BCUT2D eigenvalue weighted by Gasteiger charge is 2.25. The Kier molecular flexibility index (Phi) is 9.60. The summed E-state index contributed by atoms with van der Waals surface area (Å²) in [4.78, 5) is 6.20. The molecule has 1 aliphatic rings. The maximum absolute atomic E-state index is 14.0. The van der Waals surface area contributed by atoms with E-state index in [1.807, 2.05) is 23.1 Å². The quantitative estimate of drug-likeness (QED) is 0.316. The van der Waals surface area contributed by atoms with E-state index in [0.717, 1.165) is 24.5 Å². The SMILES string of the molecule is CN=C(NCCc1ccc(OC)c(OC)c1)NC1CCN(c2ccc(F)cc2F)C1.I. The Bertz CT molecular complexity index is 898. The molecule has 3 rings (SSSR count). The molecular formula is C22H29F2IN4O2. The van der Waals surface area contributed by atoms with Crippen molar-refractivity contribution < 1.29 is 18.3 Å². The van der Waals surface area contributed by atoms with Crippen LogP contribution < -0.4 is 25.0 Å². The fourth-order valence-electron chi connectivity index (χ4n) is 3.58. The highest BCUT2D eigenvalue weighted by Crippen LogP contribution is 2.27. The van der Waals surface area contributed by atoms with E-state index < -0.39 is 11.6 Å². The molecule has 1 aliphatic heterocycles. The summed E-state index contributed by atoms with van der Waals surface area (Å²) in [6.07, 6.45) is 1.63. The second-order valence-electron chi connectivity index (χ2n) is 7.11. The van der Waals surface area contributed by atoms with Crippen LogP contribution in [0.15, 0.2) is 41.4 Å². The Hall–Kier alpha value is -2.30. The predicted octanol–water partition coefficient (Wildman–Crippen LogP) is 3.59. The van der Waals surface area contributed by atoms with Crippen LogP contribution in [0.2, 0.25) is 0 Å². The minimum atomic E-state index is -0.566. The summed E-state index contributed by atoms with van der Waals surface area (Å²) < 4.78 is 37.8. The Labute approximate surface area is 199 Å². The van der Waals surface area contributed by atoms with Crippen LogP contribution in [-0.4, -0.2) is 52.9 Å². The lowest BCUT2D eigenvalue weighted by molar-refractivity contribution is 0.354. The molecule has 9 heteroatoms. The van der Waals surface area contributed by atoms with Crippen molar-refractivity contribution in [3.8, 4) is 11.5 Å². The standard InChI is InChI=1S/C22H28F2N4O2.HI/c1-25-22(26-10-8-15-4-7-20(29-2)21(12-15)30-3)27-17-9-11-28(14-17)19-6-5-16(23)13-18(19)24;/h4-7,12-13,17H,8-11,14H2,1-3H3,(H2,25,26,27);1H. The zero-order chi connectivity index (χ0) is 21.5. The lowest BCUT2D eigenvalue weighted by atomic mass is 10.1. The van der Waals surface area contributed by atoms with Gasteiger partial charge in [-0.3, -0.25) is 4.99 Å². The Morgan fingerprint density at radius 3 is 2.58 bits per heavy atom. The largest absolute Gasteiger partial charge is 0.493 e. The first-order valence-electron chi connectivity index (χ1n) is 9.92. The number of rotatable bonds is 7. The lowest BCUT2D eigenvalue weighted by Crippen LogP contribution is -2.45. The molecule has 0 bridgehead atoms. The Morgan fingerprint density at radius 1 is 1.13 bits per heavy atom. The van der Waals surface area contributed by atoms with Crippen molar-refractivity contribution in [3.63, 3.8) is 0 Å². The van der Waals surface area contributed by atoms with E-state index >= 15 is 0 Å². The van der Waals surface area contributed by atoms with Gasteiger partial charge in [-0.15, -0.1) is 24.0 Å². The molecule has 0 spiro atoms. The van der Waals surface area contributed by atoms with E-state index in [4.69, 9.17) is 9.47 Å². The summed E-state index contributed by atoms with van der Waals surface area (Å²) in [6.45, 7) is 2.01. The molecule has 2 aromatic carbocycles. The summed E-state index contributed by atoms with van der Waals surface area (Å²) >= 11 is 0. The van der Waals surface area contributed by atoms with Gasteiger partial charge in [0.1, 0.15) is 11.6 Å². The zero-order valence-electron chi connectivity index (χ0n) is 18.0. The fourth-order valence-corrected chi connectivity index (χ4v) is 3.58. The van der Waals surface area contributed by atoms with Crippen molar-refractivity contribution in [1.29, 1.82) is 0 Å². The number of nitrogens with zero attached hydrogens (tertiary/aromatic N) is 2. The molecule has 1 unspecified atom stereocenters. The summed E-state index contributed by atoms with van der Waals surface area (Å²) in [5.41, 5.74) is 1.55. The molecule has 0 aromatic heterocycles. The van der Waals surface area contributed by atoms with Crippen LogP contribution in [0.1, 0.15) is 12.0 Å². The third-order valence-corrected chi connectivity index (χ3v) is 5.16. The average molecular weight is 546 g/mol. The fraction of sp³-hybridized carbons (Fsp3) is 0.409. The number of guanidine groups is 1. The summed E-state index contributed by atoms with van der Waals surface area (Å²) in [7, 11) is 4.95. The first-order chi connectivity index (χ1) is 14.5. The maximum Gasteiger partial charge on any atom is 0.191 e. The third kappa shape index (κ3) is 6.59. The van der Waals surface area contributed by atoms with Crippen molar-refractivity contribution >= 4 is 35.6 Å². The molecule has 6 nitrogen and oxygen atoms in total. The smallest absolute Gasteiger partial charge is 0.191 e. The van der Waals surface area contributed by atoms with Crippen LogP contribution in [0.5, 0.6) is 11.5 Å². The summed E-state index contributed by atoms with van der Waals surface area (Å²) in [5, 5.41) is 6.69. The Balaban J connectivity index is 0.00000341. The molecule has 2 N–H and O–H groups in total. The summed E-state index contributed by atoms with van der Waals surface area (Å²) in [5.74, 6) is 1.01. The normalized spacial score (nSPS) is 16.0. The number of halogens is 3. The van der Waals surface area contributed by atoms with Crippen molar-refractivity contribution in [2.75, 3.05) is 45.8 Å². The Morgan fingerprint density at radius 2 is 1.90 bits per heavy atom. The second-order valence-corrected chi connectivity index (χ2v) is 7.11. The van der Waals surface area contributed by atoms with Crippen molar-refractivity contribution in [1.82, 2.24) is 10.6 Å². The first-order valence-corrected chi connectivity index (χ1v) is 9.92. The molecule has 1 atom stereocenters. The molecule has 1 heterocycles. The molecule has 31 heavy (non-hydrogen) atoms. The van der Waals surface area contributed by atoms with Crippen LogP contribution in [0.25, 0.3) is 0 Å². The number of methoxy groups -OCH3 is 2. The van der Waals surface area contributed by atoms with Gasteiger partial charge in [0.15, 0.2) is 17.5 Å². The second kappa shape index (κ2) is 11.9. The van der Waals surface area contributed by atoms with Gasteiger partial charge in [0.2, 0.25) is 0 Å². The number of hydrogen-bond acceptors (Lipinski definition) is 4. The van der Waals surface area contributed by atoms with Gasteiger partial charge < -0.3 is 25.0 Å². The topological polar surface area (TPSA) is 58.1 Å². The van der Waals surface area contributed by atoms with Gasteiger partial charge in [0, 0.05) is 38.8 Å². The number of anilines is 1. The monoisotopic (exact) mass is 546 g/mol. The lowest BCUT2D eigenvalue weighted by Gasteiger charge is -2.21. The molecule has 170 valence electrons. The molecule has 0 saturated carbocycles. The van der Waals surface area contributed by atoms with Crippen molar-refractivity contribution in [3.05, 3.63) is 53.6 Å². The average Bonchev–Trinajstić information content (AvgIpc) is 3.20. The first kappa shape index (κ1) is 25.0. The van der Waals surface area contributed by atoms with Gasteiger partial charge >= 0.3 is 0 Å². The number of nitrogens with one attached hydrogen (secondary N) is 2. The van der Waals surface area contributed by atoms with Gasteiger partial charge in [-0.05, 0) is 42.7 Å². The van der Waals surface area contributed by atoms with Crippen LogP contribution >= 0.6 is 24.0 Å². The molecule has 0 amide bonds. The molecular weight excluding hydrogens is 517 g/mol. The van der Waals surface area contributed by atoms with E-state index in [0.29, 0.717) is 42.8 Å². The zero-order valence-corrected chi connectivity index (χ0v) is 20.3. The molecule has 1 saturated heterocycles. The highest BCUT2D eigenvalue weighted by molar-refractivity contribution is 14.0. The maximum atomic E-state index is 14.0. The summed E-state index contributed by atoms with van der Waals surface area (Å²) in [6, 6.07) is 9.68. The predicted molar refractivity (Wildman–Crippen MR) is 130 cm³/mol. The minimum Gasteiger partial charge on any atom is -0.493 e. The van der Waals surface area contributed by atoms with E-state index in [9.17, 15) is 8.78 Å². The van der Waals surface area contributed by atoms with E-state index in [-0.39, 0.29) is 30.0 Å². The van der Waals surface area contributed by atoms with Crippen LogP contribution in [0.3, 0.4) is 0 Å². The minimum absolute atomic E-state index is 0. The molecule has 0 aliphatic carbocycles. The van der Waals surface area contributed by atoms with E-state index in [1.54, 1.807) is 21.3 Å². The van der Waals surface area contributed by atoms with E-state index in [1.165, 1.54) is 12.1 Å². The number of hydrogen-bond donors (Lipinski definition) is 2. The van der Waals surface area contributed by atoms with Crippen LogP contribution in [0.4, 0.5) is 14.5 Å². The van der Waals surface area contributed by atoms with Gasteiger partial charge in [0.05, 0.1) is 19.9 Å². The number of ether oxygens (including phenoxy) is 2. The van der Waals surface area contributed by atoms with Gasteiger partial charge in [-0.25, -0.2) is 8.78 Å². The number of benzene rings is 2. The van der Waals surface area contributed by atoms with Gasteiger partial charge in [0.25, 0.3) is 0 Å².